The number of rotatable bonds is 5. The van der Waals surface area contributed by atoms with E-state index in [2.05, 4.69) is 17.2 Å². The predicted octanol–water partition coefficient (Wildman–Crippen LogP) is 0.999. The van der Waals surface area contributed by atoms with Crippen molar-refractivity contribution in [3.63, 3.8) is 0 Å². The van der Waals surface area contributed by atoms with Gasteiger partial charge in [0.25, 0.3) is 5.91 Å². The monoisotopic (exact) mass is 308 g/mol. The van der Waals surface area contributed by atoms with E-state index in [0.29, 0.717) is 17.8 Å². The smallest absolute Gasteiger partial charge is 0.264 e. The Hall–Kier alpha value is -1.84. The summed E-state index contributed by atoms with van der Waals surface area (Å²) >= 11 is 1.31. The molecule has 0 atom stereocenters. The fraction of sp³-hybridized carbons (Fsp3) is 0.467. The van der Waals surface area contributed by atoms with Gasteiger partial charge in [-0.3, -0.25) is 9.59 Å². The summed E-state index contributed by atoms with van der Waals surface area (Å²) < 4.78 is 0. The summed E-state index contributed by atoms with van der Waals surface area (Å²) in [5.41, 5.74) is 0.931. The van der Waals surface area contributed by atoms with Gasteiger partial charge in [0, 0.05) is 20.0 Å². The van der Waals surface area contributed by atoms with E-state index < -0.39 is 0 Å². The highest BCUT2D eigenvalue weighted by Crippen LogP contribution is 2.22. The molecule has 6 heteroatoms. The molecule has 2 N–H and O–H groups in total. The molecule has 5 nitrogen and oxygen atoms in total. The lowest BCUT2D eigenvalue weighted by atomic mass is 10.2. The molecule has 0 spiro atoms. The number of carbonyl (C=O) groups excluding carboxylic acids is 2. The normalized spacial score (nSPS) is 9.71. The molecule has 2 amide bonds. The molecule has 0 aliphatic rings. The van der Waals surface area contributed by atoms with E-state index in [-0.39, 0.29) is 25.0 Å². The van der Waals surface area contributed by atoms with Crippen molar-refractivity contribution < 1.29 is 14.7 Å². The Morgan fingerprint density at radius 3 is 2.81 bits per heavy atom. The third kappa shape index (κ3) is 5.21. The number of likely N-dealkylation sites (N-methyl/N-ethyl adjacent to an activating group) is 2. The Labute approximate surface area is 129 Å². The van der Waals surface area contributed by atoms with Crippen LogP contribution >= 0.6 is 11.3 Å². The number of amides is 2. The zero-order valence-corrected chi connectivity index (χ0v) is 13.3. The second-order valence-corrected chi connectivity index (χ2v) is 5.57. The summed E-state index contributed by atoms with van der Waals surface area (Å²) in [5.74, 6) is 5.43. The van der Waals surface area contributed by atoms with Crippen LogP contribution in [0, 0.1) is 18.8 Å². The molecule has 0 aliphatic carbocycles. The first-order valence-electron chi connectivity index (χ1n) is 6.71. The van der Waals surface area contributed by atoms with Crippen LogP contribution in [-0.4, -0.2) is 48.6 Å². The molecule has 0 radical (unpaired) electrons. The Morgan fingerprint density at radius 1 is 1.48 bits per heavy atom. The number of hydrogen-bond donors (Lipinski definition) is 2. The molecule has 0 aliphatic heterocycles. The fourth-order valence-electron chi connectivity index (χ4n) is 1.64. The third-order valence-electron chi connectivity index (χ3n) is 2.67. The molecule has 0 unspecified atom stereocenters. The maximum Gasteiger partial charge on any atom is 0.264 e. The fourth-order valence-corrected chi connectivity index (χ4v) is 2.68. The number of nitrogens with zero attached hydrogens (tertiary/aromatic N) is 1. The van der Waals surface area contributed by atoms with Crippen molar-refractivity contribution in [2.24, 2.45) is 0 Å². The average molecular weight is 308 g/mol. The third-order valence-corrected chi connectivity index (χ3v) is 3.81. The van der Waals surface area contributed by atoms with Gasteiger partial charge < -0.3 is 15.3 Å². The van der Waals surface area contributed by atoms with Crippen LogP contribution in [0.5, 0.6) is 0 Å². The maximum atomic E-state index is 12.2. The van der Waals surface area contributed by atoms with Gasteiger partial charge in [-0.1, -0.05) is 11.8 Å². The minimum absolute atomic E-state index is 0.0263. The van der Waals surface area contributed by atoms with Crippen LogP contribution in [0.15, 0.2) is 6.07 Å². The van der Waals surface area contributed by atoms with Gasteiger partial charge in [0.15, 0.2) is 0 Å². The van der Waals surface area contributed by atoms with E-state index in [1.165, 1.54) is 16.2 Å². The minimum atomic E-state index is -0.190. The van der Waals surface area contributed by atoms with Gasteiger partial charge >= 0.3 is 0 Å². The first kappa shape index (κ1) is 17.2. The molecule has 0 saturated heterocycles. The van der Waals surface area contributed by atoms with Gasteiger partial charge in [0.1, 0.15) is 0 Å². The zero-order chi connectivity index (χ0) is 15.8. The number of carbonyl (C=O) groups is 2. The van der Waals surface area contributed by atoms with Gasteiger partial charge in [-0.15, -0.1) is 11.3 Å². The van der Waals surface area contributed by atoms with Crippen LogP contribution in [-0.2, 0) is 4.79 Å². The molecule has 0 aromatic carbocycles. The molecule has 114 valence electrons. The van der Waals surface area contributed by atoms with Crippen molar-refractivity contribution in [1.82, 2.24) is 10.2 Å². The number of aliphatic hydroxyl groups is 1. The average Bonchev–Trinajstić information content (AvgIpc) is 2.80. The van der Waals surface area contributed by atoms with Crippen molar-refractivity contribution in [3.05, 3.63) is 21.4 Å². The Morgan fingerprint density at radius 2 is 2.19 bits per heavy atom. The molecular weight excluding hydrogens is 288 g/mol. The van der Waals surface area contributed by atoms with Crippen molar-refractivity contribution in [2.75, 3.05) is 26.7 Å². The van der Waals surface area contributed by atoms with Crippen LogP contribution in [0.25, 0.3) is 0 Å². The van der Waals surface area contributed by atoms with Gasteiger partial charge in [-0.05, 0) is 25.5 Å². The molecule has 1 heterocycles. The molecule has 21 heavy (non-hydrogen) atoms. The molecule has 1 aromatic rings. The SMILES string of the molecule is CCNC(=O)CN(C)C(=O)c1cc(C)c(C#CCCO)s1. The van der Waals surface area contributed by atoms with E-state index in [1.54, 1.807) is 13.1 Å². The summed E-state index contributed by atoms with van der Waals surface area (Å²) in [6, 6.07) is 1.78. The maximum absolute atomic E-state index is 12.2. The Bertz CT molecular complexity index is 569. The second-order valence-electron chi connectivity index (χ2n) is 4.51. The topological polar surface area (TPSA) is 69.6 Å². The van der Waals surface area contributed by atoms with Gasteiger partial charge in [-0.2, -0.15) is 0 Å². The molecule has 0 fully saturated rings. The number of thiophene rings is 1. The summed E-state index contributed by atoms with van der Waals surface area (Å²) in [6.07, 6.45) is 0.414. The molecular formula is C15H20N2O3S. The number of aliphatic hydroxyl groups excluding tert-OH is 1. The van der Waals surface area contributed by atoms with E-state index in [9.17, 15) is 9.59 Å². The van der Waals surface area contributed by atoms with Crippen molar-refractivity contribution in [3.8, 4) is 11.8 Å². The quantitative estimate of drug-likeness (QED) is 0.797. The lowest BCUT2D eigenvalue weighted by molar-refractivity contribution is -0.121. The lowest BCUT2D eigenvalue weighted by Gasteiger charge is -2.15. The van der Waals surface area contributed by atoms with Crippen LogP contribution < -0.4 is 5.32 Å². The minimum Gasteiger partial charge on any atom is -0.395 e. The molecule has 1 aromatic heterocycles. The van der Waals surface area contributed by atoms with Crippen LogP contribution in [0.1, 0.15) is 33.5 Å². The van der Waals surface area contributed by atoms with Gasteiger partial charge in [0.05, 0.1) is 22.9 Å². The Kier molecular flexibility index (Phi) is 6.92. The summed E-state index contributed by atoms with van der Waals surface area (Å²) in [4.78, 5) is 26.5. The molecule has 1 rings (SSSR count). The Balaban J connectivity index is 2.77. The number of hydrogen-bond acceptors (Lipinski definition) is 4. The standard InChI is InChI=1S/C15H20N2O3S/c1-4-16-14(19)10-17(3)15(20)13-9-11(2)12(21-13)7-5-6-8-18/h9,18H,4,6,8,10H2,1-3H3,(H,16,19). The van der Waals surface area contributed by atoms with Crippen molar-refractivity contribution in [1.29, 1.82) is 0 Å². The summed E-state index contributed by atoms with van der Waals surface area (Å²) in [7, 11) is 1.60. The lowest BCUT2D eigenvalue weighted by Crippen LogP contribution is -2.37. The summed E-state index contributed by atoms with van der Waals surface area (Å²) in [6.45, 7) is 4.33. The van der Waals surface area contributed by atoms with E-state index in [0.717, 1.165) is 10.4 Å². The molecule has 0 bridgehead atoms. The van der Waals surface area contributed by atoms with Crippen LogP contribution in [0.3, 0.4) is 0 Å². The van der Waals surface area contributed by atoms with Crippen LogP contribution in [0.2, 0.25) is 0 Å². The highest BCUT2D eigenvalue weighted by Gasteiger charge is 2.17. The van der Waals surface area contributed by atoms with Gasteiger partial charge in [-0.25, -0.2) is 0 Å². The second kappa shape index (κ2) is 8.45. The first-order valence-corrected chi connectivity index (χ1v) is 7.53. The highest BCUT2D eigenvalue weighted by atomic mass is 32.1. The molecule has 0 saturated carbocycles. The highest BCUT2D eigenvalue weighted by molar-refractivity contribution is 7.14. The number of nitrogens with one attached hydrogen (secondary N) is 1. The van der Waals surface area contributed by atoms with E-state index in [4.69, 9.17) is 5.11 Å². The first-order chi connectivity index (χ1) is 9.99. The van der Waals surface area contributed by atoms with E-state index >= 15 is 0 Å². The predicted molar refractivity (Wildman–Crippen MR) is 83.3 cm³/mol. The van der Waals surface area contributed by atoms with E-state index in [1.807, 2.05) is 13.8 Å². The van der Waals surface area contributed by atoms with Crippen molar-refractivity contribution in [2.45, 2.75) is 20.3 Å². The van der Waals surface area contributed by atoms with Crippen molar-refractivity contribution >= 4 is 23.2 Å². The zero-order valence-electron chi connectivity index (χ0n) is 12.5. The largest absolute Gasteiger partial charge is 0.395 e. The van der Waals surface area contributed by atoms with Gasteiger partial charge in [0.2, 0.25) is 5.91 Å². The summed E-state index contributed by atoms with van der Waals surface area (Å²) in [5, 5.41) is 11.4. The number of aryl methyl sites for hydroxylation is 1. The van der Waals surface area contributed by atoms with Crippen LogP contribution in [0.4, 0.5) is 0 Å².